The molecule has 1 saturated carbocycles. The van der Waals surface area contributed by atoms with E-state index in [0.29, 0.717) is 6.42 Å². The number of hydrogen-bond acceptors (Lipinski definition) is 5. The van der Waals surface area contributed by atoms with Crippen molar-refractivity contribution >= 4 is 28.4 Å². The summed E-state index contributed by atoms with van der Waals surface area (Å²) in [5, 5.41) is 8.42. The van der Waals surface area contributed by atoms with Crippen LogP contribution in [0.2, 0.25) is 0 Å². The molecule has 0 N–H and O–H groups in total. The molecule has 1 aliphatic heterocycles. The van der Waals surface area contributed by atoms with Gasteiger partial charge < -0.3 is 9.47 Å². The van der Waals surface area contributed by atoms with E-state index in [-0.39, 0.29) is 30.4 Å². The monoisotopic (exact) mass is 428 g/mol. The van der Waals surface area contributed by atoms with Crippen molar-refractivity contribution in [1.29, 1.82) is 0 Å². The zero-order chi connectivity index (χ0) is 22.1. The van der Waals surface area contributed by atoms with Gasteiger partial charge in [0.25, 0.3) is 5.91 Å². The van der Waals surface area contributed by atoms with Gasteiger partial charge in [0.2, 0.25) is 0 Å². The number of esters is 1. The number of ether oxygens (including phenoxy) is 2. The number of amides is 1. The first-order chi connectivity index (χ1) is 15.6. The fraction of sp³-hybridized carbons (Fsp3) is 0.269. The smallest absolute Gasteiger partial charge is 0.309 e. The quantitative estimate of drug-likeness (QED) is 0.543. The lowest BCUT2D eigenvalue weighted by atomic mass is 9.97. The van der Waals surface area contributed by atoms with Gasteiger partial charge in [-0.25, -0.2) is 5.01 Å². The molecule has 1 unspecified atom stereocenters. The molecule has 3 aromatic rings. The van der Waals surface area contributed by atoms with Gasteiger partial charge in [-0.2, -0.15) is 5.10 Å². The zero-order valence-corrected chi connectivity index (χ0v) is 17.9. The average Bonchev–Trinajstić information content (AvgIpc) is 3.60. The number of hydrogen-bond donors (Lipinski definition) is 0. The summed E-state index contributed by atoms with van der Waals surface area (Å²) in [6.07, 6.45) is 2.26. The Morgan fingerprint density at radius 3 is 2.47 bits per heavy atom. The van der Waals surface area contributed by atoms with Gasteiger partial charge in [0.05, 0.1) is 24.8 Å². The number of carbonyl (C=O) groups excluding carboxylic acids is 2. The number of benzene rings is 3. The molecule has 0 saturated heterocycles. The summed E-state index contributed by atoms with van der Waals surface area (Å²) in [4.78, 5) is 24.9. The molecule has 2 aliphatic rings. The van der Waals surface area contributed by atoms with E-state index < -0.39 is 0 Å². The third-order valence-corrected chi connectivity index (χ3v) is 6.00. The van der Waals surface area contributed by atoms with Crippen LogP contribution in [0.1, 0.15) is 36.4 Å². The number of rotatable bonds is 6. The number of hydrazone groups is 1. The summed E-state index contributed by atoms with van der Waals surface area (Å²) in [7, 11) is 1.62. The van der Waals surface area contributed by atoms with Gasteiger partial charge in [0.1, 0.15) is 5.75 Å². The first-order valence-corrected chi connectivity index (χ1v) is 10.8. The van der Waals surface area contributed by atoms with Crippen molar-refractivity contribution in [3.63, 3.8) is 0 Å². The van der Waals surface area contributed by atoms with E-state index >= 15 is 0 Å². The van der Waals surface area contributed by atoms with E-state index in [9.17, 15) is 9.59 Å². The van der Waals surface area contributed by atoms with Gasteiger partial charge >= 0.3 is 5.97 Å². The van der Waals surface area contributed by atoms with Crippen molar-refractivity contribution in [3.8, 4) is 5.75 Å². The molecule has 0 bridgehead atoms. The van der Waals surface area contributed by atoms with Crippen molar-refractivity contribution in [3.05, 3.63) is 77.9 Å². The molecule has 0 aromatic heterocycles. The number of methoxy groups -OCH3 is 1. The molecular weight excluding hydrogens is 404 g/mol. The lowest BCUT2D eigenvalue weighted by Gasteiger charge is -2.22. The summed E-state index contributed by atoms with van der Waals surface area (Å²) in [6, 6.07) is 21.7. The predicted molar refractivity (Wildman–Crippen MR) is 121 cm³/mol. The van der Waals surface area contributed by atoms with E-state index in [0.717, 1.165) is 46.2 Å². The van der Waals surface area contributed by atoms with E-state index in [2.05, 4.69) is 29.4 Å². The fourth-order valence-electron chi connectivity index (χ4n) is 4.01. The minimum atomic E-state index is -0.324. The molecule has 1 aliphatic carbocycles. The van der Waals surface area contributed by atoms with Crippen LogP contribution in [0.3, 0.4) is 0 Å². The highest BCUT2D eigenvalue weighted by atomic mass is 16.5. The minimum absolute atomic E-state index is 0.0459. The summed E-state index contributed by atoms with van der Waals surface area (Å²) >= 11 is 0. The maximum atomic E-state index is 13.0. The van der Waals surface area contributed by atoms with Gasteiger partial charge in [-0.15, -0.1) is 0 Å². The number of fused-ring (bicyclic) bond motifs is 1. The van der Waals surface area contributed by atoms with E-state index in [1.807, 2.05) is 42.5 Å². The van der Waals surface area contributed by atoms with Gasteiger partial charge in [-0.05, 0) is 52.9 Å². The SMILES string of the molecule is COc1ccc(C2CC(c3ccc4ccccc4c3)=NN2C(=O)COC(=O)C2CC2)cc1. The Morgan fingerprint density at radius 1 is 1.00 bits per heavy atom. The van der Waals surface area contributed by atoms with Gasteiger partial charge in [0.15, 0.2) is 6.61 Å². The second-order valence-corrected chi connectivity index (χ2v) is 8.22. The molecule has 1 fully saturated rings. The lowest BCUT2D eigenvalue weighted by Crippen LogP contribution is -2.31. The molecule has 3 aromatic carbocycles. The Morgan fingerprint density at radius 2 is 1.75 bits per heavy atom. The molecule has 1 amide bonds. The highest BCUT2D eigenvalue weighted by molar-refractivity contribution is 6.05. The Kier molecular flexibility index (Phi) is 5.35. The maximum absolute atomic E-state index is 13.0. The topological polar surface area (TPSA) is 68.2 Å². The number of nitrogens with zero attached hydrogens (tertiary/aromatic N) is 2. The molecule has 6 nitrogen and oxygen atoms in total. The zero-order valence-electron chi connectivity index (χ0n) is 17.9. The normalized spacial score (nSPS) is 17.8. The molecule has 1 heterocycles. The molecule has 0 radical (unpaired) electrons. The van der Waals surface area contributed by atoms with Crippen LogP contribution in [-0.4, -0.2) is 36.3 Å². The second kappa shape index (κ2) is 8.46. The van der Waals surface area contributed by atoms with Gasteiger partial charge in [0, 0.05) is 6.42 Å². The standard InChI is InChI=1S/C26H24N2O4/c1-31-22-12-10-18(11-13-22)24-15-23(21-9-6-17-4-2-3-5-20(17)14-21)27-28(24)25(29)16-32-26(30)19-7-8-19/h2-6,9-14,19,24H,7-8,15-16H2,1H3. The van der Waals surface area contributed by atoms with E-state index in [4.69, 9.17) is 9.47 Å². The van der Waals surface area contributed by atoms with Crippen LogP contribution in [0.25, 0.3) is 10.8 Å². The van der Waals surface area contributed by atoms with Crippen LogP contribution in [0.5, 0.6) is 5.75 Å². The molecular formula is C26H24N2O4. The van der Waals surface area contributed by atoms with Crippen molar-refractivity contribution in [2.75, 3.05) is 13.7 Å². The molecule has 6 heteroatoms. The molecule has 0 spiro atoms. The Bertz CT molecular complexity index is 1200. The average molecular weight is 428 g/mol. The first-order valence-electron chi connectivity index (χ1n) is 10.8. The van der Waals surface area contributed by atoms with Gasteiger partial charge in [-0.3, -0.25) is 9.59 Å². The third-order valence-electron chi connectivity index (χ3n) is 6.00. The Balaban J connectivity index is 1.43. The fourth-order valence-corrected chi connectivity index (χ4v) is 4.01. The van der Waals surface area contributed by atoms with Crippen molar-refractivity contribution in [2.24, 2.45) is 11.0 Å². The van der Waals surface area contributed by atoms with Crippen molar-refractivity contribution in [1.82, 2.24) is 5.01 Å². The Hall–Kier alpha value is -3.67. The summed E-state index contributed by atoms with van der Waals surface area (Å²) in [5.41, 5.74) is 2.76. The van der Waals surface area contributed by atoms with Crippen LogP contribution >= 0.6 is 0 Å². The van der Waals surface area contributed by atoms with Crippen molar-refractivity contribution < 1.29 is 19.1 Å². The summed E-state index contributed by atoms with van der Waals surface area (Å²) < 4.78 is 10.5. The first kappa shape index (κ1) is 20.2. The largest absolute Gasteiger partial charge is 0.497 e. The molecule has 5 rings (SSSR count). The van der Waals surface area contributed by atoms with Gasteiger partial charge in [-0.1, -0.05) is 48.5 Å². The van der Waals surface area contributed by atoms with Crippen LogP contribution in [0.15, 0.2) is 71.8 Å². The van der Waals surface area contributed by atoms with E-state index in [1.165, 1.54) is 5.01 Å². The summed E-state index contributed by atoms with van der Waals surface area (Å²) in [6.45, 7) is -0.295. The lowest BCUT2D eigenvalue weighted by molar-refractivity contribution is -0.153. The summed E-state index contributed by atoms with van der Waals surface area (Å²) in [5.74, 6) is 0.0852. The predicted octanol–water partition coefficient (Wildman–Crippen LogP) is 4.48. The molecule has 162 valence electrons. The highest BCUT2D eigenvalue weighted by Gasteiger charge is 2.35. The van der Waals surface area contributed by atoms with Crippen LogP contribution in [0, 0.1) is 5.92 Å². The molecule has 1 atom stereocenters. The maximum Gasteiger partial charge on any atom is 0.309 e. The minimum Gasteiger partial charge on any atom is -0.497 e. The number of carbonyl (C=O) groups is 2. The molecule has 32 heavy (non-hydrogen) atoms. The Labute approximate surface area is 186 Å². The van der Waals surface area contributed by atoms with Crippen LogP contribution < -0.4 is 4.74 Å². The van der Waals surface area contributed by atoms with Crippen molar-refractivity contribution in [2.45, 2.75) is 25.3 Å². The highest BCUT2D eigenvalue weighted by Crippen LogP contribution is 2.35. The second-order valence-electron chi connectivity index (χ2n) is 8.22. The van der Waals surface area contributed by atoms with Crippen LogP contribution in [-0.2, 0) is 14.3 Å². The van der Waals surface area contributed by atoms with Crippen LogP contribution in [0.4, 0.5) is 0 Å². The van der Waals surface area contributed by atoms with E-state index in [1.54, 1.807) is 7.11 Å². The third kappa shape index (κ3) is 4.08.